The maximum Gasteiger partial charge on any atom is 0.328 e. The van der Waals surface area contributed by atoms with Gasteiger partial charge in [0.2, 0.25) is 5.91 Å². The summed E-state index contributed by atoms with van der Waals surface area (Å²) in [4.78, 5) is 25.9. The number of esters is 1. The summed E-state index contributed by atoms with van der Waals surface area (Å²) in [5.74, 6) is 0.165. The van der Waals surface area contributed by atoms with Gasteiger partial charge >= 0.3 is 5.97 Å². The second-order valence-electron chi connectivity index (χ2n) is 5.47. The van der Waals surface area contributed by atoms with Crippen molar-refractivity contribution in [2.45, 2.75) is 32.9 Å². The number of amides is 1. The lowest BCUT2D eigenvalue weighted by molar-refractivity contribution is -0.153. The van der Waals surface area contributed by atoms with Gasteiger partial charge < -0.3 is 9.64 Å². The maximum absolute atomic E-state index is 12.5. The molecule has 1 amide bonds. The molecule has 2 rings (SSSR count). The lowest BCUT2D eigenvalue weighted by atomic mass is 10.1. The van der Waals surface area contributed by atoms with Gasteiger partial charge in [0.25, 0.3) is 0 Å². The van der Waals surface area contributed by atoms with E-state index < -0.39 is 6.04 Å². The van der Waals surface area contributed by atoms with Gasteiger partial charge in [-0.3, -0.25) is 4.79 Å². The first-order chi connectivity index (χ1) is 9.54. The molecule has 1 aromatic rings. The number of hydrogen-bond acceptors (Lipinski definition) is 3. The molecule has 0 saturated heterocycles. The Kier molecular flexibility index (Phi) is 4.42. The lowest BCUT2D eigenvalue weighted by Gasteiger charge is -2.28. The van der Waals surface area contributed by atoms with Crippen LogP contribution < -0.4 is 0 Å². The van der Waals surface area contributed by atoms with Gasteiger partial charge in [0.1, 0.15) is 6.04 Å². The Morgan fingerprint density at radius 2 is 1.95 bits per heavy atom. The predicted molar refractivity (Wildman–Crippen MR) is 75.7 cm³/mol. The molecule has 0 heterocycles. The maximum atomic E-state index is 12.5. The highest BCUT2D eigenvalue weighted by atomic mass is 16.5. The minimum Gasteiger partial charge on any atom is -0.467 e. The molecule has 0 N–H and O–H groups in total. The highest BCUT2D eigenvalue weighted by Gasteiger charge is 2.43. The largest absolute Gasteiger partial charge is 0.467 e. The molecule has 1 aliphatic rings. The van der Waals surface area contributed by atoms with Crippen LogP contribution >= 0.6 is 0 Å². The van der Waals surface area contributed by atoms with Crippen molar-refractivity contribution in [2.24, 2.45) is 11.8 Å². The summed E-state index contributed by atoms with van der Waals surface area (Å²) in [6, 6.07) is 9.16. The van der Waals surface area contributed by atoms with E-state index in [0.717, 1.165) is 12.0 Å². The summed E-state index contributed by atoms with van der Waals surface area (Å²) in [5, 5.41) is 0. The molecule has 3 atom stereocenters. The molecule has 4 heteroatoms. The summed E-state index contributed by atoms with van der Waals surface area (Å²) < 4.78 is 4.77. The average molecular weight is 275 g/mol. The number of methoxy groups -OCH3 is 1. The van der Waals surface area contributed by atoms with Gasteiger partial charge in [-0.1, -0.05) is 37.3 Å². The highest BCUT2D eigenvalue weighted by Crippen LogP contribution is 2.39. The van der Waals surface area contributed by atoms with Gasteiger partial charge in [-0.2, -0.15) is 0 Å². The van der Waals surface area contributed by atoms with E-state index in [2.05, 4.69) is 6.92 Å². The van der Waals surface area contributed by atoms with Crippen molar-refractivity contribution in [2.75, 3.05) is 7.11 Å². The van der Waals surface area contributed by atoms with E-state index in [4.69, 9.17) is 4.74 Å². The fraction of sp³-hybridized carbons (Fsp3) is 0.500. The number of ether oxygens (including phenoxy) is 1. The van der Waals surface area contributed by atoms with Gasteiger partial charge in [0.05, 0.1) is 7.11 Å². The van der Waals surface area contributed by atoms with Crippen molar-refractivity contribution >= 4 is 11.9 Å². The molecule has 0 aliphatic heterocycles. The van der Waals surface area contributed by atoms with Gasteiger partial charge in [0.15, 0.2) is 0 Å². The van der Waals surface area contributed by atoms with Gasteiger partial charge in [-0.05, 0) is 24.8 Å². The van der Waals surface area contributed by atoms with E-state index in [1.165, 1.54) is 7.11 Å². The summed E-state index contributed by atoms with van der Waals surface area (Å²) in [6.45, 7) is 4.23. The molecule has 108 valence electrons. The van der Waals surface area contributed by atoms with Crippen LogP contribution in [0.5, 0.6) is 0 Å². The van der Waals surface area contributed by atoms with Crippen molar-refractivity contribution in [1.29, 1.82) is 0 Å². The first kappa shape index (κ1) is 14.6. The molecule has 20 heavy (non-hydrogen) atoms. The Morgan fingerprint density at radius 1 is 1.35 bits per heavy atom. The van der Waals surface area contributed by atoms with Crippen molar-refractivity contribution in [3.05, 3.63) is 35.9 Å². The molecule has 0 aromatic heterocycles. The molecule has 4 nitrogen and oxygen atoms in total. The molecule has 1 fully saturated rings. The monoisotopic (exact) mass is 275 g/mol. The van der Waals surface area contributed by atoms with Crippen LogP contribution in [0, 0.1) is 11.8 Å². The van der Waals surface area contributed by atoms with Crippen molar-refractivity contribution < 1.29 is 14.3 Å². The Labute approximate surface area is 119 Å². The van der Waals surface area contributed by atoms with E-state index in [-0.39, 0.29) is 17.8 Å². The molecule has 0 spiro atoms. The summed E-state index contributed by atoms with van der Waals surface area (Å²) in [5.41, 5.74) is 1.02. The SMILES string of the molecule is COC(=O)[C@H](C)N(Cc1ccccc1)C(=O)[C@@H]1C[C@@H]1C. The predicted octanol–water partition coefficient (Wildman–Crippen LogP) is 2.23. The number of rotatable bonds is 5. The molecule has 0 bridgehead atoms. The minimum absolute atomic E-state index is 0.0549. The third kappa shape index (κ3) is 3.18. The fourth-order valence-corrected chi connectivity index (χ4v) is 2.36. The van der Waals surface area contributed by atoms with Crippen LogP contribution in [0.25, 0.3) is 0 Å². The van der Waals surface area contributed by atoms with E-state index in [1.54, 1.807) is 11.8 Å². The Bertz CT molecular complexity index is 486. The van der Waals surface area contributed by atoms with E-state index >= 15 is 0 Å². The van der Waals surface area contributed by atoms with Gasteiger partial charge in [-0.25, -0.2) is 4.79 Å². The Balaban J connectivity index is 2.15. The van der Waals surface area contributed by atoms with Crippen molar-refractivity contribution in [1.82, 2.24) is 4.90 Å². The molecule has 0 unspecified atom stereocenters. The zero-order chi connectivity index (χ0) is 14.7. The lowest BCUT2D eigenvalue weighted by Crippen LogP contribution is -2.44. The van der Waals surface area contributed by atoms with Crippen LogP contribution in [0.4, 0.5) is 0 Å². The van der Waals surface area contributed by atoms with E-state index in [1.807, 2.05) is 30.3 Å². The molecule has 1 aromatic carbocycles. The average Bonchev–Trinajstić information content (AvgIpc) is 3.20. The molecule has 1 saturated carbocycles. The zero-order valence-electron chi connectivity index (χ0n) is 12.2. The van der Waals surface area contributed by atoms with E-state index in [9.17, 15) is 9.59 Å². The van der Waals surface area contributed by atoms with Crippen LogP contribution in [0.1, 0.15) is 25.8 Å². The van der Waals surface area contributed by atoms with Gasteiger partial charge in [-0.15, -0.1) is 0 Å². The highest BCUT2D eigenvalue weighted by molar-refractivity contribution is 5.87. The zero-order valence-corrected chi connectivity index (χ0v) is 12.2. The van der Waals surface area contributed by atoms with E-state index in [0.29, 0.717) is 12.5 Å². The summed E-state index contributed by atoms with van der Waals surface area (Å²) in [7, 11) is 1.35. The first-order valence-electron chi connectivity index (χ1n) is 6.96. The molecule has 0 radical (unpaired) electrons. The summed E-state index contributed by atoms with van der Waals surface area (Å²) in [6.07, 6.45) is 0.915. The third-order valence-corrected chi connectivity index (χ3v) is 3.92. The number of carbonyl (C=O) groups excluding carboxylic acids is 2. The Morgan fingerprint density at radius 3 is 2.45 bits per heavy atom. The number of carbonyl (C=O) groups is 2. The second-order valence-corrected chi connectivity index (χ2v) is 5.47. The number of hydrogen-bond donors (Lipinski definition) is 0. The smallest absolute Gasteiger partial charge is 0.328 e. The molecule has 1 aliphatic carbocycles. The number of nitrogens with zero attached hydrogens (tertiary/aromatic N) is 1. The van der Waals surface area contributed by atoms with Crippen LogP contribution in [-0.2, 0) is 20.9 Å². The normalized spacial score (nSPS) is 21.9. The second kappa shape index (κ2) is 6.07. The third-order valence-electron chi connectivity index (χ3n) is 3.92. The van der Waals surface area contributed by atoms with Gasteiger partial charge in [0, 0.05) is 12.5 Å². The van der Waals surface area contributed by atoms with Crippen LogP contribution in [0.2, 0.25) is 0 Å². The van der Waals surface area contributed by atoms with Crippen molar-refractivity contribution in [3.8, 4) is 0 Å². The standard InChI is InChI=1S/C16H21NO3/c1-11-9-14(11)15(18)17(12(2)16(19)20-3)10-13-7-5-4-6-8-13/h4-8,11-12,14H,9-10H2,1-3H3/t11-,12-,14+/m0/s1. The van der Waals surface area contributed by atoms with Crippen molar-refractivity contribution in [3.63, 3.8) is 0 Å². The van der Waals surface area contributed by atoms with Crippen LogP contribution in [0.3, 0.4) is 0 Å². The van der Waals surface area contributed by atoms with Crippen LogP contribution in [-0.4, -0.2) is 29.9 Å². The quantitative estimate of drug-likeness (QED) is 0.774. The first-order valence-corrected chi connectivity index (χ1v) is 6.96. The minimum atomic E-state index is -0.555. The summed E-state index contributed by atoms with van der Waals surface area (Å²) >= 11 is 0. The molecular weight excluding hydrogens is 254 g/mol. The topological polar surface area (TPSA) is 46.6 Å². The van der Waals surface area contributed by atoms with Crippen LogP contribution in [0.15, 0.2) is 30.3 Å². The number of benzene rings is 1. The Hall–Kier alpha value is -1.84. The molecular formula is C16H21NO3. The fourth-order valence-electron chi connectivity index (χ4n) is 2.36.